The molecule has 1 fully saturated rings. The zero-order valence-corrected chi connectivity index (χ0v) is 16.0. The van der Waals surface area contributed by atoms with Crippen LogP contribution in [0.25, 0.3) is 0 Å². The number of ether oxygens (including phenoxy) is 2. The second-order valence-electron chi connectivity index (χ2n) is 7.10. The lowest BCUT2D eigenvalue weighted by Gasteiger charge is -2.26. The maximum Gasteiger partial charge on any atom is 0.319 e. The average molecular weight is 377 g/mol. The van der Waals surface area contributed by atoms with Gasteiger partial charge in [-0.25, -0.2) is 0 Å². The molecule has 28 heavy (non-hydrogen) atoms. The molecule has 5 nitrogen and oxygen atoms in total. The first-order valence-corrected chi connectivity index (χ1v) is 9.47. The van der Waals surface area contributed by atoms with Gasteiger partial charge in [0.15, 0.2) is 0 Å². The lowest BCUT2D eigenvalue weighted by atomic mass is 9.92. The van der Waals surface area contributed by atoms with Gasteiger partial charge in [-0.1, -0.05) is 48.5 Å². The highest BCUT2D eigenvalue weighted by Gasteiger charge is 2.74. The number of esters is 1. The van der Waals surface area contributed by atoms with Crippen molar-refractivity contribution >= 4 is 11.9 Å². The molecule has 5 heteroatoms. The van der Waals surface area contributed by atoms with Crippen LogP contribution in [-0.4, -0.2) is 36.5 Å². The number of carbonyl (C=O) groups is 2. The number of fused-ring (bicyclic) bond motifs is 1. The Bertz CT molecular complexity index is 906. The first-order valence-electron chi connectivity index (χ1n) is 9.47. The number of hydrogen-bond acceptors (Lipinski definition) is 4. The van der Waals surface area contributed by atoms with Crippen molar-refractivity contribution in [2.24, 2.45) is 5.92 Å². The summed E-state index contributed by atoms with van der Waals surface area (Å²) >= 11 is 0. The molecule has 0 aromatic heterocycles. The van der Waals surface area contributed by atoms with Gasteiger partial charge in [0, 0.05) is 12.5 Å². The van der Waals surface area contributed by atoms with Gasteiger partial charge in [0.25, 0.3) is 0 Å². The smallest absolute Gasteiger partial charge is 0.319 e. The molecule has 3 atom stereocenters. The number of amides is 1. The van der Waals surface area contributed by atoms with E-state index in [1.807, 2.05) is 60.7 Å². The minimum Gasteiger partial charge on any atom is -0.497 e. The summed E-state index contributed by atoms with van der Waals surface area (Å²) in [5, 5.41) is 0. The van der Waals surface area contributed by atoms with Crippen molar-refractivity contribution in [3.63, 3.8) is 0 Å². The molecule has 0 saturated heterocycles. The first kappa shape index (κ1) is 18.3. The Labute approximate surface area is 164 Å². The molecule has 0 bridgehead atoms. The summed E-state index contributed by atoms with van der Waals surface area (Å²) < 4.78 is 10.7. The Morgan fingerprint density at radius 2 is 1.82 bits per heavy atom. The fourth-order valence-electron chi connectivity index (χ4n) is 4.32. The molecule has 1 heterocycles. The van der Waals surface area contributed by atoms with Crippen LogP contribution in [0.15, 0.2) is 66.7 Å². The number of benzene rings is 2. The molecule has 1 saturated carbocycles. The van der Waals surface area contributed by atoms with Crippen molar-refractivity contribution in [2.75, 3.05) is 13.7 Å². The SMILES string of the molecule is CCOC(=O)C1(c2ccc(OC)cc2)C2C=CC(=O)N(Cc3ccccc3)C21. The number of rotatable bonds is 6. The Balaban J connectivity index is 1.74. The van der Waals surface area contributed by atoms with Crippen LogP contribution in [0, 0.1) is 5.92 Å². The molecule has 0 radical (unpaired) electrons. The van der Waals surface area contributed by atoms with E-state index in [1.165, 1.54) is 0 Å². The molecule has 144 valence electrons. The van der Waals surface area contributed by atoms with Gasteiger partial charge < -0.3 is 14.4 Å². The highest BCUT2D eigenvalue weighted by Crippen LogP contribution is 2.60. The van der Waals surface area contributed by atoms with Gasteiger partial charge in [-0.05, 0) is 36.3 Å². The van der Waals surface area contributed by atoms with E-state index < -0.39 is 5.41 Å². The van der Waals surface area contributed by atoms with Gasteiger partial charge in [-0.2, -0.15) is 0 Å². The number of nitrogens with zero attached hydrogens (tertiary/aromatic N) is 1. The van der Waals surface area contributed by atoms with E-state index in [0.29, 0.717) is 13.2 Å². The van der Waals surface area contributed by atoms with Gasteiger partial charge in [-0.15, -0.1) is 0 Å². The summed E-state index contributed by atoms with van der Waals surface area (Å²) in [5.41, 5.74) is 1.00. The van der Waals surface area contributed by atoms with Crippen LogP contribution in [-0.2, 0) is 26.3 Å². The first-order chi connectivity index (χ1) is 13.6. The highest BCUT2D eigenvalue weighted by molar-refractivity contribution is 5.97. The van der Waals surface area contributed by atoms with E-state index in [2.05, 4.69) is 0 Å². The largest absolute Gasteiger partial charge is 0.497 e. The normalized spacial score (nSPS) is 25.2. The highest BCUT2D eigenvalue weighted by atomic mass is 16.5. The number of carbonyl (C=O) groups excluding carboxylic acids is 2. The molecule has 1 aliphatic heterocycles. The minimum absolute atomic E-state index is 0.0789. The van der Waals surface area contributed by atoms with E-state index in [0.717, 1.165) is 16.9 Å². The third-order valence-electron chi connectivity index (χ3n) is 5.66. The second kappa shape index (κ2) is 7.15. The molecular formula is C23H23NO4. The standard InChI is InChI=1S/C23H23NO4/c1-3-28-22(26)23(17-9-11-18(27-2)12-10-17)19-13-14-20(25)24(21(19)23)15-16-7-5-4-6-8-16/h4-14,19,21H,3,15H2,1-2H3. The Hall–Kier alpha value is -3.08. The van der Waals surface area contributed by atoms with E-state index in [1.54, 1.807) is 25.0 Å². The predicted molar refractivity (Wildman–Crippen MR) is 105 cm³/mol. The Morgan fingerprint density at radius 1 is 1.11 bits per heavy atom. The van der Waals surface area contributed by atoms with E-state index >= 15 is 0 Å². The lowest BCUT2D eigenvalue weighted by Crippen LogP contribution is -2.39. The van der Waals surface area contributed by atoms with Crippen LogP contribution in [0.1, 0.15) is 18.1 Å². The second-order valence-corrected chi connectivity index (χ2v) is 7.10. The van der Waals surface area contributed by atoms with Crippen molar-refractivity contribution < 1.29 is 19.1 Å². The maximum atomic E-state index is 13.1. The van der Waals surface area contributed by atoms with Gasteiger partial charge >= 0.3 is 5.97 Å². The van der Waals surface area contributed by atoms with Crippen molar-refractivity contribution in [2.45, 2.75) is 24.9 Å². The van der Waals surface area contributed by atoms with Crippen LogP contribution in [0.5, 0.6) is 5.75 Å². The van der Waals surface area contributed by atoms with Crippen molar-refractivity contribution in [1.82, 2.24) is 4.90 Å². The third-order valence-corrected chi connectivity index (χ3v) is 5.66. The van der Waals surface area contributed by atoms with Gasteiger partial charge in [-0.3, -0.25) is 9.59 Å². The predicted octanol–water partition coefficient (Wildman–Crippen LogP) is 3.09. The molecule has 2 aromatic carbocycles. The third kappa shape index (κ3) is 2.78. The topological polar surface area (TPSA) is 55.8 Å². The van der Waals surface area contributed by atoms with Crippen LogP contribution < -0.4 is 4.74 Å². The monoisotopic (exact) mass is 377 g/mol. The maximum absolute atomic E-state index is 13.1. The fourth-order valence-corrected chi connectivity index (χ4v) is 4.32. The summed E-state index contributed by atoms with van der Waals surface area (Å²) in [6.45, 7) is 2.56. The summed E-state index contributed by atoms with van der Waals surface area (Å²) in [6.07, 6.45) is 3.43. The van der Waals surface area contributed by atoms with Crippen LogP contribution in [0.4, 0.5) is 0 Å². The summed E-state index contributed by atoms with van der Waals surface area (Å²) in [5.74, 6) is 0.262. The van der Waals surface area contributed by atoms with E-state index in [4.69, 9.17) is 9.47 Å². The van der Waals surface area contributed by atoms with Crippen molar-refractivity contribution in [1.29, 1.82) is 0 Å². The van der Waals surface area contributed by atoms with E-state index in [9.17, 15) is 9.59 Å². The number of hydrogen-bond donors (Lipinski definition) is 0. The zero-order valence-electron chi connectivity index (χ0n) is 16.0. The molecule has 4 rings (SSSR count). The van der Waals surface area contributed by atoms with Gasteiger partial charge in [0.2, 0.25) is 5.91 Å². The van der Waals surface area contributed by atoms with Crippen LogP contribution in [0.2, 0.25) is 0 Å². The zero-order chi connectivity index (χ0) is 19.7. The summed E-state index contributed by atoms with van der Waals surface area (Å²) in [7, 11) is 1.61. The quantitative estimate of drug-likeness (QED) is 0.726. The molecule has 1 amide bonds. The Morgan fingerprint density at radius 3 is 2.46 bits per heavy atom. The fraction of sp³-hybridized carbons (Fsp3) is 0.304. The molecular weight excluding hydrogens is 354 g/mol. The minimum atomic E-state index is -0.875. The Kier molecular flexibility index (Phi) is 4.67. The summed E-state index contributed by atoms with van der Waals surface area (Å²) in [6, 6.07) is 17.0. The number of methoxy groups -OCH3 is 1. The lowest BCUT2D eigenvalue weighted by molar-refractivity contribution is -0.147. The van der Waals surface area contributed by atoms with Gasteiger partial charge in [0.05, 0.1) is 19.8 Å². The van der Waals surface area contributed by atoms with Gasteiger partial charge in [0.1, 0.15) is 11.2 Å². The van der Waals surface area contributed by atoms with Crippen molar-refractivity contribution in [3.05, 3.63) is 77.9 Å². The molecule has 1 aliphatic carbocycles. The van der Waals surface area contributed by atoms with E-state index in [-0.39, 0.29) is 23.8 Å². The average Bonchev–Trinajstić information content (AvgIpc) is 3.41. The van der Waals surface area contributed by atoms with Crippen LogP contribution >= 0.6 is 0 Å². The molecule has 2 aliphatic rings. The molecule has 0 N–H and O–H groups in total. The van der Waals surface area contributed by atoms with Crippen LogP contribution in [0.3, 0.4) is 0 Å². The molecule has 2 aromatic rings. The van der Waals surface area contributed by atoms with Crippen molar-refractivity contribution in [3.8, 4) is 5.75 Å². The summed E-state index contributed by atoms with van der Waals surface area (Å²) in [4.78, 5) is 27.6. The molecule has 3 unspecified atom stereocenters. The molecule has 0 spiro atoms.